The van der Waals surface area contributed by atoms with E-state index in [0.29, 0.717) is 27.1 Å². The fourth-order valence-corrected chi connectivity index (χ4v) is 2.59. The topological polar surface area (TPSA) is 69.6 Å². The van der Waals surface area contributed by atoms with Crippen LogP contribution in [-0.4, -0.2) is 20.2 Å². The molecule has 3 aromatic rings. The van der Waals surface area contributed by atoms with Gasteiger partial charge in [-0.2, -0.15) is 4.68 Å². The van der Waals surface area contributed by atoms with E-state index >= 15 is 0 Å². The van der Waals surface area contributed by atoms with Gasteiger partial charge in [-0.1, -0.05) is 35.3 Å². The minimum absolute atomic E-state index is 0.492. The summed E-state index contributed by atoms with van der Waals surface area (Å²) in [6.45, 7) is 1.94. The number of rotatable bonds is 2. The van der Waals surface area contributed by atoms with Crippen LogP contribution >= 0.6 is 23.2 Å². The van der Waals surface area contributed by atoms with Crippen molar-refractivity contribution >= 4 is 28.9 Å². The second-order valence-electron chi connectivity index (χ2n) is 4.55. The molecule has 0 bridgehead atoms. The highest BCUT2D eigenvalue weighted by Crippen LogP contribution is 2.31. The van der Waals surface area contributed by atoms with Gasteiger partial charge in [0, 0.05) is 16.3 Å². The maximum atomic E-state index is 6.28. The van der Waals surface area contributed by atoms with Crippen LogP contribution in [0.25, 0.3) is 17.1 Å². The molecule has 0 aliphatic heterocycles. The fraction of sp³-hybridized carbons (Fsp3) is 0.0714. The predicted molar refractivity (Wildman–Crippen MR) is 83.8 cm³/mol. The quantitative estimate of drug-likeness (QED) is 0.733. The van der Waals surface area contributed by atoms with Gasteiger partial charge in [-0.05, 0) is 47.2 Å². The summed E-state index contributed by atoms with van der Waals surface area (Å²) in [6, 6.07) is 10.8. The molecule has 3 rings (SSSR count). The first-order chi connectivity index (χ1) is 10.1. The molecule has 21 heavy (non-hydrogen) atoms. The summed E-state index contributed by atoms with van der Waals surface area (Å²) in [4.78, 5) is 0. The molecule has 2 aromatic carbocycles. The van der Waals surface area contributed by atoms with Gasteiger partial charge in [0.25, 0.3) is 0 Å². The first kappa shape index (κ1) is 13.9. The molecule has 0 fully saturated rings. The van der Waals surface area contributed by atoms with E-state index in [9.17, 15) is 0 Å². The smallest absolute Gasteiger partial charge is 0.189 e. The highest BCUT2D eigenvalue weighted by atomic mass is 35.5. The second kappa shape index (κ2) is 5.35. The number of benzene rings is 2. The maximum Gasteiger partial charge on any atom is 0.189 e. The Morgan fingerprint density at radius 2 is 1.95 bits per heavy atom. The van der Waals surface area contributed by atoms with Crippen molar-refractivity contribution in [3.8, 4) is 17.1 Å². The molecule has 0 amide bonds. The molecular formula is C14H11Cl2N5. The molecule has 1 aromatic heterocycles. The molecule has 0 atom stereocenters. The number of nitrogens with zero attached hydrogens (tertiary/aromatic N) is 4. The monoisotopic (exact) mass is 319 g/mol. The zero-order valence-electron chi connectivity index (χ0n) is 11.1. The first-order valence-corrected chi connectivity index (χ1v) is 6.93. The number of hydrogen-bond acceptors (Lipinski definition) is 4. The number of anilines is 1. The minimum atomic E-state index is 0.492. The molecule has 0 aliphatic rings. The van der Waals surface area contributed by atoms with Crippen molar-refractivity contribution in [2.24, 2.45) is 0 Å². The van der Waals surface area contributed by atoms with Gasteiger partial charge in [-0.15, -0.1) is 5.10 Å². The van der Waals surface area contributed by atoms with Crippen LogP contribution in [0, 0.1) is 6.92 Å². The average Bonchev–Trinajstić information content (AvgIpc) is 2.90. The van der Waals surface area contributed by atoms with E-state index < -0.39 is 0 Å². The largest absolute Gasteiger partial charge is 0.398 e. The summed E-state index contributed by atoms with van der Waals surface area (Å²) < 4.78 is 1.57. The van der Waals surface area contributed by atoms with Crippen LogP contribution in [0.15, 0.2) is 36.4 Å². The molecular weight excluding hydrogens is 309 g/mol. The van der Waals surface area contributed by atoms with Crippen LogP contribution in [0.5, 0.6) is 0 Å². The number of halogens is 2. The fourth-order valence-electron chi connectivity index (χ4n) is 2.12. The lowest BCUT2D eigenvalue weighted by atomic mass is 10.1. The van der Waals surface area contributed by atoms with Crippen LogP contribution in [0.1, 0.15) is 5.56 Å². The number of nitrogen functional groups attached to an aromatic ring is 1. The lowest BCUT2D eigenvalue weighted by Gasteiger charge is -2.11. The number of aryl methyl sites for hydroxylation is 1. The zero-order valence-corrected chi connectivity index (χ0v) is 12.6. The summed E-state index contributed by atoms with van der Waals surface area (Å²) in [5.74, 6) is 0.492. The zero-order chi connectivity index (χ0) is 15.0. The van der Waals surface area contributed by atoms with Crippen LogP contribution in [-0.2, 0) is 0 Å². The second-order valence-corrected chi connectivity index (χ2v) is 5.39. The van der Waals surface area contributed by atoms with Crippen molar-refractivity contribution in [3.63, 3.8) is 0 Å². The van der Waals surface area contributed by atoms with Gasteiger partial charge in [0.05, 0.1) is 10.7 Å². The standard InChI is InChI=1S/C14H11Cl2N5/c1-8-3-2-4-11(16)13(8)21-14(18-19-20-21)10-7-9(15)5-6-12(10)17/h2-7H,17H2,1H3. The van der Waals surface area contributed by atoms with E-state index in [0.717, 1.165) is 11.3 Å². The molecule has 0 spiro atoms. The Labute approximate surface area is 131 Å². The third-order valence-corrected chi connectivity index (χ3v) is 3.67. The van der Waals surface area contributed by atoms with Crippen LogP contribution in [0.3, 0.4) is 0 Å². The highest BCUT2D eigenvalue weighted by Gasteiger charge is 2.17. The van der Waals surface area contributed by atoms with Crippen molar-refractivity contribution in [1.82, 2.24) is 20.2 Å². The van der Waals surface area contributed by atoms with E-state index in [4.69, 9.17) is 28.9 Å². The van der Waals surface area contributed by atoms with Crippen molar-refractivity contribution in [1.29, 1.82) is 0 Å². The third-order valence-electron chi connectivity index (χ3n) is 3.13. The summed E-state index contributed by atoms with van der Waals surface area (Å²) in [5.41, 5.74) is 8.88. The van der Waals surface area contributed by atoms with E-state index in [1.54, 1.807) is 28.9 Å². The van der Waals surface area contributed by atoms with Crippen LogP contribution in [0.2, 0.25) is 10.0 Å². The van der Waals surface area contributed by atoms with Crippen molar-refractivity contribution in [3.05, 3.63) is 52.0 Å². The van der Waals surface area contributed by atoms with Crippen molar-refractivity contribution < 1.29 is 0 Å². The number of hydrogen-bond donors (Lipinski definition) is 1. The molecule has 2 N–H and O–H groups in total. The van der Waals surface area contributed by atoms with Gasteiger partial charge < -0.3 is 5.73 Å². The Morgan fingerprint density at radius 3 is 2.71 bits per heavy atom. The average molecular weight is 320 g/mol. The summed E-state index contributed by atoms with van der Waals surface area (Å²) >= 11 is 12.3. The Morgan fingerprint density at radius 1 is 1.14 bits per heavy atom. The van der Waals surface area contributed by atoms with Gasteiger partial charge in [-0.3, -0.25) is 0 Å². The maximum absolute atomic E-state index is 6.28. The van der Waals surface area contributed by atoms with Gasteiger partial charge >= 0.3 is 0 Å². The van der Waals surface area contributed by atoms with E-state index in [-0.39, 0.29) is 0 Å². The van der Waals surface area contributed by atoms with E-state index in [1.165, 1.54) is 0 Å². The van der Waals surface area contributed by atoms with E-state index in [1.807, 2.05) is 19.1 Å². The van der Waals surface area contributed by atoms with E-state index in [2.05, 4.69) is 15.5 Å². The molecule has 0 saturated heterocycles. The van der Waals surface area contributed by atoms with Gasteiger partial charge in [0.2, 0.25) is 0 Å². The highest BCUT2D eigenvalue weighted by molar-refractivity contribution is 6.32. The number of nitrogens with two attached hydrogens (primary N) is 1. The molecule has 0 unspecified atom stereocenters. The van der Waals surface area contributed by atoms with Crippen molar-refractivity contribution in [2.45, 2.75) is 6.92 Å². The molecule has 7 heteroatoms. The number of aromatic nitrogens is 4. The number of para-hydroxylation sites is 1. The summed E-state index contributed by atoms with van der Waals surface area (Å²) in [7, 11) is 0. The van der Waals surface area contributed by atoms with Gasteiger partial charge in [-0.25, -0.2) is 0 Å². The summed E-state index contributed by atoms with van der Waals surface area (Å²) in [5, 5.41) is 12.9. The Bertz CT molecular complexity index is 793. The Balaban J connectivity index is 2.25. The molecule has 1 heterocycles. The molecule has 0 saturated carbocycles. The Hall–Kier alpha value is -2.11. The minimum Gasteiger partial charge on any atom is -0.398 e. The lowest BCUT2D eigenvalue weighted by Crippen LogP contribution is -2.04. The number of tetrazole rings is 1. The normalized spacial score (nSPS) is 10.8. The summed E-state index contributed by atoms with van der Waals surface area (Å²) in [6.07, 6.45) is 0. The third kappa shape index (κ3) is 2.46. The van der Waals surface area contributed by atoms with Gasteiger partial charge in [0.15, 0.2) is 5.82 Å². The SMILES string of the molecule is Cc1cccc(Cl)c1-n1nnnc1-c1cc(Cl)ccc1N. The molecule has 0 radical (unpaired) electrons. The van der Waals surface area contributed by atoms with Crippen LogP contribution < -0.4 is 5.73 Å². The predicted octanol–water partition coefficient (Wildman–Crippen LogP) is 3.53. The van der Waals surface area contributed by atoms with Gasteiger partial charge in [0.1, 0.15) is 0 Å². The molecule has 0 aliphatic carbocycles. The Kier molecular flexibility index (Phi) is 3.53. The molecule has 106 valence electrons. The first-order valence-electron chi connectivity index (χ1n) is 6.17. The lowest BCUT2D eigenvalue weighted by molar-refractivity contribution is 0.787. The van der Waals surface area contributed by atoms with Crippen LogP contribution in [0.4, 0.5) is 5.69 Å². The van der Waals surface area contributed by atoms with Crippen molar-refractivity contribution in [2.75, 3.05) is 5.73 Å². The molecule has 5 nitrogen and oxygen atoms in total.